The average molecular weight is 612 g/mol. The van der Waals surface area contributed by atoms with Gasteiger partial charge in [0.05, 0.1) is 0 Å². The minimum Gasteiger partial charge on any atom is -0.208 e. The van der Waals surface area contributed by atoms with Crippen LogP contribution in [0.2, 0.25) is 0 Å². The van der Waals surface area contributed by atoms with Gasteiger partial charge in [0.1, 0.15) is 0 Å². The quantitative estimate of drug-likeness (QED) is 0.194. The molecule has 0 fully saturated rings. The molecule has 0 aliphatic carbocycles. The van der Waals surface area contributed by atoms with Crippen LogP contribution in [0.5, 0.6) is 0 Å². The van der Waals surface area contributed by atoms with Gasteiger partial charge in [0.15, 0.2) is 17.5 Å². The first kappa shape index (κ1) is 27.8. The number of benzene rings is 8. The second kappa shape index (κ2) is 11.7. The molecule has 48 heavy (non-hydrogen) atoms. The highest BCUT2D eigenvalue weighted by molar-refractivity contribution is 5.98. The Bertz CT molecular complexity index is 2610. The van der Waals surface area contributed by atoms with Crippen LogP contribution in [0.3, 0.4) is 0 Å². The van der Waals surface area contributed by atoms with Crippen LogP contribution in [0.25, 0.3) is 88.7 Å². The van der Waals surface area contributed by atoms with Gasteiger partial charge in [-0.05, 0) is 78.8 Å². The summed E-state index contributed by atoms with van der Waals surface area (Å²) >= 11 is 0. The molecule has 0 unspecified atom stereocenters. The largest absolute Gasteiger partial charge is 0.208 e. The first-order valence-corrected chi connectivity index (χ1v) is 16.2. The standard InChI is InChI=1S/C45H29N3/c1-3-10-30(11-4-1)34-24-25-41-39(28-34)16-9-17-42(41)45-47-43(32-13-5-2-6-14-32)46-44(48-45)40-23-22-37-27-36(20-21-38(37)29-40)35-19-18-31-12-7-8-15-33(31)26-35/h1-29H. The van der Waals surface area contributed by atoms with E-state index in [1.165, 1.54) is 38.4 Å². The fourth-order valence-corrected chi connectivity index (χ4v) is 6.56. The minimum atomic E-state index is 0.650. The molecule has 0 atom stereocenters. The Kier molecular flexibility index (Phi) is 6.80. The van der Waals surface area contributed by atoms with E-state index in [4.69, 9.17) is 15.0 Å². The molecular weight excluding hydrogens is 583 g/mol. The summed E-state index contributed by atoms with van der Waals surface area (Å²) in [6.45, 7) is 0. The summed E-state index contributed by atoms with van der Waals surface area (Å²) in [4.78, 5) is 15.2. The first-order chi connectivity index (χ1) is 23.7. The van der Waals surface area contributed by atoms with E-state index < -0.39 is 0 Å². The summed E-state index contributed by atoms with van der Waals surface area (Å²) in [6, 6.07) is 61.8. The molecule has 1 aromatic heterocycles. The SMILES string of the molecule is c1ccc(-c2ccc3c(-c4nc(-c5ccccc5)nc(-c5ccc6cc(-c7ccc8ccccc8c7)ccc6c5)n4)cccc3c2)cc1. The second-order valence-corrected chi connectivity index (χ2v) is 12.1. The molecule has 0 aliphatic heterocycles. The molecular formula is C45H29N3. The molecule has 0 amide bonds. The molecule has 3 nitrogen and oxygen atoms in total. The number of hydrogen-bond acceptors (Lipinski definition) is 3. The lowest BCUT2D eigenvalue weighted by Crippen LogP contribution is -2.00. The molecule has 0 aliphatic rings. The van der Waals surface area contributed by atoms with E-state index >= 15 is 0 Å². The van der Waals surface area contributed by atoms with Crippen LogP contribution >= 0.6 is 0 Å². The van der Waals surface area contributed by atoms with Gasteiger partial charge in [0.2, 0.25) is 0 Å². The Morgan fingerprint density at radius 2 is 0.708 bits per heavy atom. The molecule has 0 spiro atoms. The summed E-state index contributed by atoms with van der Waals surface area (Å²) < 4.78 is 0. The van der Waals surface area contributed by atoms with Crippen molar-refractivity contribution in [2.24, 2.45) is 0 Å². The number of nitrogens with zero attached hydrogens (tertiary/aromatic N) is 3. The zero-order valence-corrected chi connectivity index (χ0v) is 26.1. The van der Waals surface area contributed by atoms with E-state index in [0.29, 0.717) is 17.5 Å². The average Bonchev–Trinajstić information content (AvgIpc) is 3.17. The third-order valence-electron chi connectivity index (χ3n) is 9.08. The van der Waals surface area contributed by atoms with Crippen LogP contribution in [0, 0.1) is 0 Å². The van der Waals surface area contributed by atoms with Gasteiger partial charge in [0, 0.05) is 16.7 Å². The zero-order chi connectivity index (χ0) is 31.9. The highest BCUT2D eigenvalue weighted by Crippen LogP contribution is 2.34. The normalized spacial score (nSPS) is 11.3. The topological polar surface area (TPSA) is 38.7 Å². The third-order valence-corrected chi connectivity index (χ3v) is 9.08. The van der Waals surface area contributed by atoms with Gasteiger partial charge in [0.25, 0.3) is 0 Å². The second-order valence-electron chi connectivity index (χ2n) is 12.1. The Morgan fingerprint density at radius 3 is 1.44 bits per heavy atom. The summed E-state index contributed by atoms with van der Waals surface area (Å²) in [6.07, 6.45) is 0. The van der Waals surface area contributed by atoms with Gasteiger partial charge < -0.3 is 0 Å². The fourth-order valence-electron chi connectivity index (χ4n) is 6.56. The number of aromatic nitrogens is 3. The van der Waals surface area contributed by atoms with E-state index in [1.807, 2.05) is 36.4 Å². The number of fused-ring (bicyclic) bond motifs is 3. The molecule has 9 rings (SSSR count). The number of rotatable bonds is 5. The fraction of sp³-hybridized carbons (Fsp3) is 0. The lowest BCUT2D eigenvalue weighted by Gasteiger charge is -2.12. The molecule has 9 aromatic rings. The van der Waals surface area contributed by atoms with Gasteiger partial charge in [-0.3, -0.25) is 0 Å². The molecule has 3 heteroatoms. The van der Waals surface area contributed by atoms with Crippen molar-refractivity contribution < 1.29 is 0 Å². The van der Waals surface area contributed by atoms with Crippen LogP contribution in [0.15, 0.2) is 176 Å². The van der Waals surface area contributed by atoms with E-state index in [0.717, 1.165) is 32.8 Å². The van der Waals surface area contributed by atoms with Crippen LogP contribution in [0.4, 0.5) is 0 Å². The van der Waals surface area contributed by atoms with Crippen molar-refractivity contribution in [3.63, 3.8) is 0 Å². The monoisotopic (exact) mass is 611 g/mol. The van der Waals surface area contributed by atoms with Gasteiger partial charge in [-0.25, -0.2) is 15.0 Å². The maximum absolute atomic E-state index is 5.11. The van der Waals surface area contributed by atoms with Gasteiger partial charge in [-0.2, -0.15) is 0 Å². The van der Waals surface area contributed by atoms with Gasteiger partial charge in [-0.1, -0.05) is 152 Å². The highest BCUT2D eigenvalue weighted by atomic mass is 15.0. The summed E-state index contributed by atoms with van der Waals surface area (Å²) in [5.41, 5.74) is 7.67. The smallest absolute Gasteiger partial charge is 0.164 e. The van der Waals surface area contributed by atoms with Gasteiger partial charge >= 0.3 is 0 Å². The van der Waals surface area contributed by atoms with Crippen molar-refractivity contribution in [1.82, 2.24) is 15.0 Å². The Hall–Kier alpha value is -6.45. The Balaban J connectivity index is 1.15. The molecule has 8 aromatic carbocycles. The van der Waals surface area contributed by atoms with Gasteiger partial charge in [-0.15, -0.1) is 0 Å². The van der Waals surface area contributed by atoms with E-state index in [2.05, 4.69) is 140 Å². The predicted molar refractivity (Wildman–Crippen MR) is 200 cm³/mol. The Morgan fingerprint density at radius 1 is 0.250 bits per heavy atom. The van der Waals surface area contributed by atoms with Crippen molar-refractivity contribution in [3.8, 4) is 56.4 Å². The van der Waals surface area contributed by atoms with Crippen molar-refractivity contribution in [2.45, 2.75) is 0 Å². The molecule has 1 heterocycles. The van der Waals surface area contributed by atoms with Crippen molar-refractivity contribution in [3.05, 3.63) is 176 Å². The maximum atomic E-state index is 5.11. The molecule has 0 radical (unpaired) electrons. The highest BCUT2D eigenvalue weighted by Gasteiger charge is 2.15. The van der Waals surface area contributed by atoms with Crippen LogP contribution < -0.4 is 0 Å². The van der Waals surface area contributed by atoms with Crippen LogP contribution in [0.1, 0.15) is 0 Å². The van der Waals surface area contributed by atoms with E-state index in [-0.39, 0.29) is 0 Å². The van der Waals surface area contributed by atoms with Crippen molar-refractivity contribution in [1.29, 1.82) is 0 Å². The molecule has 0 saturated heterocycles. The van der Waals surface area contributed by atoms with Crippen LogP contribution in [-0.4, -0.2) is 15.0 Å². The van der Waals surface area contributed by atoms with E-state index in [9.17, 15) is 0 Å². The zero-order valence-electron chi connectivity index (χ0n) is 26.1. The van der Waals surface area contributed by atoms with Crippen molar-refractivity contribution >= 4 is 32.3 Å². The molecule has 0 N–H and O–H groups in total. The molecule has 224 valence electrons. The third kappa shape index (κ3) is 5.18. The first-order valence-electron chi connectivity index (χ1n) is 16.2. The number of hydrogen-bond donors (Lipinski definition) is 0. The van der Waals surface area contributed by atoms with Crippen LogP contribution in [-0.2, 0) is 0 Å². The summed E-state index contributed by atoms with van der Waals surface area (Å²) in [7, 11) is 0. The minimum absolute atomic E-state index is 0.650. The summed E-state index contributed by atoms with van der Waals surface area (Å²) in [5, 5.41) is 7.05. The summed E-state index contributed by atoms with van der Waals surface area (Å²) in [5.74, 6) is 1.96. The lowest BCUT2D eigenvalue weighted by atomic mass is 9.97. The lowest BCUT2D eigenvalue weighted by molar-refractivity contribution is 1.08. The predicted octanol–water partition coefficient (Wildman–Crippen LogP) is 11.7. The molecule has 0 saturated carbocycles. The molecule has 0 bridgehead atoms. The maximum Gasteiger partial charge on any atom is 0.164 e. The van der Waals surface area contributed by atoms with Crippen molar-refractivity contribution in [2.75, 3.05) is 0 Å². The van der Waals surface area contributed by atoms with E-state index in [1.54, 1.807) is 0 Å². The Labute approximate surface area is 278 Å².